The first kappa shape index (κ1) is 21.3. The third-order valence-corrected chi connectivity index (χ3v) is 4.12. The van der Waals surface area contributed by atoms with E-state index in [0.29, 0.717) is 29.2 Å². The third-order valence-electron chi connectivity index (χ3n) is 4.12. The van der Waals surface area contributed by atoms with Gasteiger partial charge in [-0.25, -0.2) is 5.43 Å². The van der Waals surface area contributed by atoms with Gasteiger partial charge < -0.3 is 15.8 Å². The number of nitrogens with one attached hydrogen (secondary N) is 2. The molecule has 8 nitrogen and oxygen atoms in total. The number of nitrogens with two attached hydrogens (primary N) is 1. The maximum atomic E-state index is 11.9. The molecule has 0 aliphatic heterocycles. The number of anilines is 1. The second-order valence-electron chi connectivity index (χ2n) is 6.44. The molecule has 3 aromatic carbocycles. The Kier molecular flexibility index (Phi) is 7.10. The zero-order valence-corrected chi connectivity index (χ0v) is 16.4. The van der Waals surface area contributed by atoms with Gasteiger partial charge in [-0.05, 0) is 47.5 Å². The molecule has 3 aromatic rings. The van der Waals surface area contributed by atoms with Gasteiger partial charge >= 0.3 is 11.8 Å². The van der Waals surface area contributed by atoms with Crippen LogP contribution in [0.4, 0.5) is 5.69 Å². The molecule has 31 heavy (non-hydrogen) atoms. The molecule has 3 amide bonds. The summed E-state index contributed by atoms with van der Waals surface area (Å²) in [6.45, 7) is 0.429. The predicted molar refractivity (Wildman–Crippen MR) is 117 cm³/mol. The Hall–Kier alpha value is -4.46. The van der Waals surface area contributed by atoms with E-state index in [2.05, 4.69) is 15.8 Å². The molecule has 156 valence electrons. The summed E-state index contributed by atoms with van der Waals surface area (Å²) in [7, 11) is 0. The molecular weight excluding hydrogens is 396 g/mol. The van der Waals surface area contributed by atoms with Crippen LogP contribution in [0.1, 0.15) is 21.5 Å². The lowest BCUT2D eigenvalue weighted by Gasteiger charge is -2.07. The van der Waals surface area contributed by atoms with Crippen LogP contribution in [0.25, 0.3) is 0 Å². The van der Waals surface area contributed by atoms with Gasteiger partial charge in [-0.1, -0.05) is 42.5 Å². The van der Waals surface area contributed by atoms with E-state index in [1.54, 1.807) is 18.2 Å². The second kappa shape index (κ2) is 10.4. The number of ether oxygens (including phenoxy) is 1. The van der Waals surface area contributed by atoms with Crippen LogP contribution in [0.2, 0.25) is 0 Å². The Bertz CT molecular complexity index is 1100. The zero-order valence-electron chi connectivity index (χ0n) is 16.4. The van der Waals surface area contributed by atoms with Crippen LogP contribution in [0.15, 0.2) is 84.0 Å². The zero-order chi connectivity index (χ0) is 22.1. The summed E-state index contributed by atoms with van der Waals surface area (Å²) < 4.78 is 5.75. The highest BCUT2D eigenvalue weighted by Gasteiger charge is 2.13. The number of rotatable bonds is 7. The minimum atomic E-state index is -0.938. The van der Waals surface area contributed by atoms with E-state index >= 15 is 0 Å². The predicted octanol–water partition coefficient (Wildman–Crippen LogP) is 2.45. The molecule has 4 N–H and O–H groups in total. The summed E-state index contributed by atoms with van der Waals surface area (Å²) >= 11 is 0. The summed E-state index contributed by atoms with van der Waals surface area (Å²) in [5, 5.41) is 6.20. The van der Waals surface area contributed by atoms with Gasteiger partial charge in [-0.15, -0.1) is 0 Å². The molecule has 8 heteroatoms. The minimum absolute atomic E-state index is 0.294. The molecule has 0 heterocycles. The summed E-state index contributed by atoms with van der Waals surface area (Å²) in [4.78, 5) is 34.9. The molecule has 0 spiro atoms. The molecule has 0 radical (unpaired) electrons. The first-order chi connectivity index (χ1) is 15.0. The van der Waals surface area contributed by atoms with Gasteiger partial charge in [-0.3, -0.25) is 14.4 Å². The molecular formula is C23H20N4O4. The fourth-order valence-electron chi connectivity index (χ4n) is 2.55. The molecule has 0 aromatic heterocycles. The van der Waals surface area contributed by atoms with Crippen molar-refractivity contribution in [2.75, 3.05) is 5.32 Å². The number of carbonyl (C=O) groups is 3. The molecule has 0 saturated heterocycles. The van der Waals surface area contributed by atoms with Gasteiger partial charge in [0.2, 0.25) is 5.91 Å². The molecule has 0 saturated carbocycles. The summed E-state index contributed by atoms with van der Waals surface area (Å²) in [6, 6.07) is 22.7. The lowest BCUT2D eigenvalue weighted by Crippen LogP contribution is -2.32. The lowest BCUT2D eigenvalue weighted by molar-refractivity contribution is -0.136. The largest absolute Gasteiger partial charge is 0.489 e. The highest BCUT2D eigenvalue weighted by atomic mass is 16.5. The average molecular weight is 416 g/mol. The number of hydrazone groups is 1. The van der Waals surface area contributed by atoms with E-state index in [4.69, 9.17) is 10.5 Å². The van der Waals surface area contributed by atoms with Crippen molar-refractivity contribution in [2.24, 2.45) is 10.8 Å². The van der Waals surface area contributed by atoms with Crippen molar-refractivity contribution in [3.8, 4) is 5.75 Å². The molecule has 0 unspecified atom stereocenters. The highest BCUT2D eigenvalue weighted by Crippen LogP contribution is 2.14. The number of hydrogen-bond donors (Lipinski definition) is 3. The highest BCUT2D eigenvalue weighted by molar-refractivity contribution is 6.39. The molecule has 0 aliphatic carbocycles. The lowest BCUT2D eigenvalue weighted by atomic mass is 10.2. The quantitative estimate of drug-likeness (QED) is 0.311. The van der Waals surface area contributed by atoms with Crippen molar-refractivity contribution in [1.82, 2.24) is 5.43 Å². The van der Waals surface area contributed by atoms with E-state index < -0.39 is 17.7 Å². The third kappa shape index (κ3) is 6.53. The molecule has 0 atom stereocenters. The number of primary amides is 1. The molecule has 0 aliphatic rings. The smallest absolute Gasteiger partial charge is 0.329 e. The van der Waals surface area contributed by atoms with E-state index in [-0.39, 0.29) is 0 Å². The number of carbonyl (C=O) groups excluding carboxylic acids is 3. The van der Waals surface area contributed by atoms with E-state index in [1.165, 1.54) is 30.5 Å². The van der Waals surface area contributed by atoms with Crippen LogP contribution in [-0.4, -0.2) is 23.9 Å². The van der Waals surface area contributed by atoms with Crippen molar-refractivity contribution in [3.63, 3.8) is 0 Å². The van der Waals surface area contributed by atoms with Crippen LogP contribution in [0, 0.1) is 0 Å². The number of amides is 3. The van der Waals surface area contributed by atoms with E-state index in [0.717, 1.165) is 5.56 Å². The number of nitrogens with zero attached hydrogens (tertiary/aromatic N) is 1. The van der Waals surface area contributed by atoms with E-state index in [9.17, 15) is 14.4 Å². The van der Waals surface area contributed by atoms with Gasteiger partial charge in [0, 0.05) is 11.3 Å². The summed E-state index contributed by atoms with van der Waals surface area (Å²) in [5.74, 6) is -1.77. The maximum absolute atomic E-state index is 11.9. The normalized spacial score (nSPS) is 10.5. The minimum Gasteiger partial charge on any atom is -0.489 e. The average Bonchev–Trinajstić information content (AvgIpc) is 2.79. The van der Waals surface area contributed by atoms with Crippen molar-refractivity contribution >= 4 is 29.6 Å². The van der Waals surface area contributed by atoms with Crippen molar-refractivity contribution < 1.29 is 19.1 Å². The van der Waals surface area contributed by atoms with Crippen molar-refractivity contribution in [2.45, 2.75) is 6.61 Å². The van der Waals surface area contributed by atoms with Gasteiger partial charge in [0.25, 0.3) is 0 Å². The Morgan fingerprint density at radius 1 is 0.903 bits per heavy atom. The van der Waals surface area contributed by atoms with Crippen LogP contribution < -0.4 is 21.2 Å². The molecule has 0 fully saturated rings. The van der Waals surface area contributed by atoms with Crippen LogP contribution in [-0.2, 0) is 16.2 Å². The summed E-state index contributed by atoms with van der Waals surface area (Å²) in [6.07, 6.45) is 1.40. The second-order valence-corrected chi connectivity index (χ2v) is 6.44. The van der Waals surface area contributed by atoms with Crippen molar-refractivity contribution in [3.05, 3.63) is 95.6 Å². The van der Waals surface area contributed by atoms with E-state index in [1.807, 2.05) is 36.4 Å². The molecule has 3 rings (SSSR count). The first-order valence-corrected chi connectivity index (χ1v) is 9.32. The fraction of sp³-hybridized carbons (Fsp3) is 0.0435. The van der Waals surface area contributed by atoms with Crippen LogP contribution in [0.5, 0.6) is 5.75 Å². The topological polar surface area (TPSA) is 123 Å². The van der Waals surface area contributed by atoms with Crippen molar-refractivity contribution in [1.29, 1.82) is 0 Å². The first-order valence-electron chi connectivity index (χ1n) is 9.32. The number of hydrogen-bond acceptors (Lipinski definition) is 5. The van der Waals surface area contributed by atoms with Gasteiger partial charge in [0.1, 0.15) is 12.4 Å². The Balaban J connectivity index is 1.50. The van der Waals surface area contributed by atoms with Crippen LogP contribution >= 0.6 is 0 Å². The summed E-state index contributed by atoms with van der Waals surface area (Å²) in [5.41, 5.74) is 9.69. The van der Waals surface area contributed by atoms with Crippen LogP contribution in [0.3, 0.4) is 0 Å². The standard InChI is InChI=1S/C23H20N4O4/c24-21(28)18-9-11-19(12-10-18)26-22(29)23(30)27-25-14-17-7-4-8-20(13-17)31-15-16-5-2-1-3-6-16/h1-14H,15H2,(H2,24,28)(H,26,29)(H,27,30)/b25-14+. The SMILES string of the molecule is NC(=O)c1ccc(NC(=O)C(=O)N/N=C/c2cccc(OCc3ccccc3)c2)cc1. The Labute approximate surface area is 178 Å². The fourth-order valence-corrected chi connectivity index (χ4v) is 2.55. The maximum Gasteiger partial charge on any atom is 0.329 e. The van der Waals surface area contributed by atoms with Gasteiger partial charge in [-0.2, -0.15) is 5.10 Å². The Morgan fingerprint density at radius 2 is 1.65 bits per heavy atom. The Morgan fingerprint density at radius 3 is 2.35 bits per heavy atom. The monoisotopic (exact) mass is 416 g/mol. The van der Waals surface area contributed by atoms with Gasteiger partial charge in [0.05, 0.1) is 6.21 Å². The van der Waals surface area contributed by atoms with Gasteiger partial charge in [0.15, 0.2) is 0 Å². The molecule has 0 bridgehead atoms. The number of benzene rings is 3.